The highest BCUT2D eigenvalue weighted by Gasteiger charge is 2.35. The van der Waals surface area contributed by atoms with Gasteiger partial charge >= 0.3 is 0 Å². The third kappa shape index (κ3) is 2.76. The zero-order chi connectivity index (χ0) is 17.3. The Hall–Kier alpha value is -2.40. The number of aromatic hydroxyl groups is 1. The highest BCUT2D eigenvalue weighted by Crippen LogP contribution is 2.51. The smallest absolute Gasteiger partial charge is 0.165 e. The molecule has 0 saturated carbocycles. The number of benzene rings is 2. The molecule has 2 aromatic carbocycles. The number of aliphatic hydroxyl groups excluding tert-OH is 1. The van der Waals surface area contributed by atoms with Gasteiger partial charge in [-0.3, -0.25) is 0 Å². The van der Waals surface area contributed by atoms with Crippen molar-refractivity contribution in [2.75, 3.05) is 20.8 Å². The van der Waals surface area contributed by atoms with Crippen molar-refractivity contribution in [1.82, 2.24) is 0 Å². The Morgan fingerprint density at radius 1 is 1.08 bits per heavy atom. The first-order chi connectivity index (χ1) is 11.6. The predicted octanol–water partition coefficient (Wildman–Crippen LogP) is 3.18. The van der Waals surface area contributed by atoms with Gasteiger partial charge in [0.05, 0.1) is 14.2 Å². The molecule has 2 atom stereocenters. The van der Waals surface area contributed by atoms with E-state index in [0.29, 0.717) is 17.9 Å². The van der Waals surface area contributed by atoms with Crippen LogP contribution in [0.3, 0.4) is 0 Å². The van der Waals surface area contributed by atoms with Gasteiger partial charge in [-0.05, 0) is 35.7 Å². The molecule has 5 nitrogen and oxygen atoms in total. The second-order valence-electron chi connectivity index (χ2n) is 5.95. The standard InChI is InChI=1S/C19H22O5/c1-11-14-8-12(6-7-20)9-17(23-3)19(14)24-18(11)13-4-5-15(21)16(10-13)22-2/h4-5,8-11,18,20-21H,6-7H2,1-3H3. The van der Waals surface area contributed by atoms with E-state index in [2.05, 4.69) is 13.0 Å². The molecule has 0 spiro atoms. The van der Waals surface area contributed by atoms with Gasteiger partial charge in [0.2, 0.25) is 0 Å². The van der Waals surface area contributed by atoms with E-state index in [1.165, 1.54) is 7.11 Å². The van der Waals surface area contributed by atoms with Crippen LogP contribution in [0.25, 0.3) is 0 Å². The zero-order valence-corrected chi connectivity index (χ0v) is 14.1. The fraction of sp³-hybridized carbons (Fsp3) is 0.368. The molecule has 0 aliphatic carbocycles. The van der Waals surface area contributed by atoms with E-state index >= 15 is 0 Å². The van der Waals surface area contributed by atoms with Gasteiger partial charge in [-0.2, -0.15) is 0 Å². The number of phenols is 1. The predicted molar refractivity (Wildman–Crippen MR) is 90.2 cm³/mol. The molecule has 1 heterocycles. The molecule has 2 unspecified atom stereocenters. The number of ether oxygens (including phenoxy) is 3. The second-order valence-corrected chi connectivity index (χ2v) is 5.95. The van der Waals surface area contributed by atoms with Crippen LogP contribution in [0.4, 0.5) is 0 Å². The number of hydrogen-bond acceptors (Lipinski definition) is 5. The van der Waals surface area contributed by atoms with E-state index < -0.39 is 0 Å². The van der Waals surface area contributed by atoms with Crippen LogP contribution in [-0.4, -0.2) is 31.0 Å². The molecular weight excluding hydrogens is 308 g/mol. The Labute approximate surface area is 141 Å². The summed E-state index contributed by atoms with van der Waals surface area (Å²) in [6, 6.07) is 9.22. The minimum Gasteiger partial charge on any atom is -0.504 e. The lowest BCUT2D eigenvalue weighted by Crippen LogP contribution is -2.07. The maximum Gasteiger partial charge on any atom is 0.165 e. The quantitative estimate of drug-likeness (QED) is 0.881. The molecule has 128 valence electrons. The minimum atomic E-state index is -0.187. The lowest BCUT2D eigenvalue weighted by atomic mass is 9.91. The Balaban J connectivity index is 1.99. The molecule has 2 N–H and O–H groups in total. The van der Waals surface area contributed by atoms with Gasteiger partial charge in [0.15, 0.2) is 23.0 Å². The number of methoxy groups -OCH3 is 2. The highest BCUT2D eigenvalue weighted by atomic mass is 16.5. The SMILES string of the molecule is COc1cc(C2Oc3c(OC)cc(CCO)cc3C2C)ccc1O. The molecule has 1 aliphatic rings. The summed E-state index contributed by atoms with van der Waals surface area (Å²) in [5.41, 5.74) is 3.02. The molecule has 24 heavy (non-hydrogen) atoms. The van der Waals surface area contributed by atoms with Crippen LogP contribution in [0, 0.1) is 0 Å². The largest absolute Gasteiger partial charge is 0.504 e. The monoisotopic (exact) mass is 330 g/mol. The van der Waals surface area contributed by atoms with Gasteiger partial charge in [0, 0.05) is 18.1 Å². The van der Waals surface area contributed by atoms with Crippen molar-refractivity contribution in [1.29, 1.82) is 0 Å². The number of aliphatic hydroxyl groups is 1. The van der Waals surface area contributed by atoms with Crippen molar-refractivity contribution in [3.05, 3.63) is 47.0 Å². The summed E-state index contributed by atoms with van der Waals surface area (Å²) in [6.45, 7) is 2.19. The summed E-state index contributed by atoms with van der Waals surface area (Å²) in [7, 11) is 3.14. The molecule has 0 aromatic heterocycles. The van der Waals surface area contributed by atoms with Crippen molar-refractivity contribution >= 4 is 0 Å². The Kier molecular flexibility index (Phi) is 4.53. The molecule has 0 bridgehead atoms. The van der Waals surface area contributed by atoms with Crippen LogP contribution in [0.5, 0.6) is 23.0 Å². The van der Waals surface area contributed by atoms with Crippen LogP contribution in [0.2, 0.25) is 0 Å². The van der Waals surface area contributed by atoms with Crippen molar-refractivity contribution in [3.8, 4) is 23.0 Å². The van der Waals surface area contributed by atoms with Crippen LogP contribution < -0.4 is 14.2 Å². The molecule has 0 saturated heterocycles. The van der Waals surface area contributed by atoms with Gasteiger partial charge in [-0.1, -0.05) is 19.1 Å². The number of phenolic OH excluding ortho intramolecular Hbond substituents is 1. The van der Waals surface area contributed by atoms with E-state index in [9.17, 15) is 10.2 Å². The maximum absolute atomic E-state index is 9.79. The van der Waals surface area contributed by atoms with Crippen molar-refractivity contribution in [2.45, 2.75) is 25.4 Å². The normalized spacial score (nSPS) is 18.8. The first-order valence-corrected chi connectivity index (χ1v) is 7.94. The van der Waals surface area contributed by atoms with Gasteiger partial charge in [0.25, 0.3) is 0 Å². The summed E-state index contributed by atoms with van der Waals surface area (Å²) < 4.78 is 16.8. The number of hydrogen-bond donors (Lipinski definition) is 2. The highest BCUT2D eigenvalue weighted by molar-refractivity contribution is 5.55. The summed E-state index contributed by atoms with van der Waals surface area (Å²) in [4.78, 5) is 0. The fourth-order valence-electron chi connectivity index (χ4n) is 3.19. The molecule has 0 fully saturated rings. The summed E-state index contributed by atoms with van der Waals surface area (Å²) >= 11 is 0. The van der Waals surface area contributed by atoms with Crippen molar-refractivity contribution in [3.63, 3.8) is 0 Å². The lowest BCUT2D eigenvalue weighted by Gasteiger charge is -2.17. The molecule has 3 rings (SSSR count). The van der Waals surface area contributed by atoms with Crippen LogP contribution in [0.1, 0.15) is 35.6 Å². The third-order valence-electron chi connectivity index (χ3n) is 4.49. The van der Waals surface area contributed by atoms with E-state index in [-0.39, 0.29) is 24.4 Å². The Bertz CT molecular complexity index is 741. The Morgan fingerprint density at radius 2 is 1.83 bits per heavy atom. The second kappa shape index (κ2) is 6.61. The van der Waals surface area contributed by atoms with E-state index in [0.717, 1.165) is 22.4 Å². The average molecular weight is 330 g/mol. The summed E-state index contributed by atoms with van der Waals surface area (Å²) in [5.74, 6) is 2.06. The zero-order valence-electron chi connectivity index (χ0n) is 14.1. The van der Waals surface area contributed by atoms with Crippen molar-refractivity contribution in [2.24, 2.45) is 0 Å². The number of rotatable bonds is 5. The summed E-state index contributed by atoms with van der Waals surface area (Å²) in [6.07, 6.45) is 0.390. The minimum absolute atomic E-state index is 0.0930. The van der Waals surface area contributed by atoms with Crippen LogP contribution >= 0.6 is 0 Å². The Morgan fingerprint density at radius 3 is 2.50 bits per heavy atom. The fourth-order valence-corrected chi connectivity index (χ4v) is 3.19. The van der Waals surface area contributed by atoms with E-state index in [4.69, 9.17) is 14.2 Å². The molecule has 2 aromatic rings. The molecule has 0 amide bonds. The van der Waals surface area contributed by atoms with Crippen LogP contribution in [0.15, 0.2) is 30.3 Å². The molecule has 0 radical (unpaired) electrons. The molecular formula is C19H22O5. The van der Waals surface area contributed by atoms with E-state index in [1.54, 1.807) is 19.2 Å². The van der Waals surface area contributed by atoms with Gasteiger partial charge in [-0.25, -0.2) is 0 Å². The average Bonchev–Trinajstić information content (AvgIpc) is 2.92. The first-order valence-electron chi connectivity index (χ1n) is 7.94. The van der Waals surface area contributed by atoms with Gasteiger partial charge in [0.1, 0.15) is 6.10 Å². The number of fused-ring (bicyclic) bond motifs is 1. The van der Waals surface area contributed by atoms with Gasteiger partial charge < -0.3 is 24.4 Å². The molecule has 5 heteroatoms. The van der Waals surface area contributed by atoms with Gasteiger partial charge in [-0.15, -0.1) is 0 Å². The van der Waals surface area contributed by atoms with E-state index in [1.807, 2.05) is 12.1 Å². The third-order valence-corrected chi connectivity index (χ3v) is 4.49. The summed E-state index contributed by atoms with van der Waals surface area (Å²) in [5, 5.41) is 19.0. The van der Waals surface area contributed by atoms with Crippen LogP contribution in [-0.2, 0) is 6.42 Å². The van der Waals surface area contributed by atoms with Crippen molar-refractivity contribution < 1.29 is 24.4 Å². The maximum atomic E-state index is 9.79. The topological polar surface area (TPSA) is 68.2 Å². The lowest BCUT2D eigenvalue weighted by molar-refractivity contribution is 0.207. The molecule has 1 aliphatic heterocycles. The first kappa shape index (κ1) is 16.5.